The van der Waals surface area contributed by atoms with Crippen molar-refractivity contribution < 1.29 is 0 Å². The van der Waals surface area contributed by atoms with Crippen LogP contribution in [-0.4, -0.2) is 4.98 Å². The molecule has 0 radical (unpaired) electrons. The van der Waals surface area contributed by atoms with Gasteiger partial charge in [0.05, 0.1) is 10.5 Å². The molecule has 1 heterocycles. The van der Waals surface area contributed by atoms with E-state index in [0.717, 1.165) is 10.9 Å². The number of halogens is 2. The van der Waals surface area contributed by atoms with E-state index < -0.39 is 0 Å². The van der Waals surface area contributed by atoms with E-state index in [9.17, 15) is 0 Å². The molecule has 0 aliphatic heterocycles. The van der Waals surface area contributed by atoms with Gasteiger partial charge in [-0.05, 0) is 30.7 Å². The second-order valence-corrected chi connectivity index (χ2v) is 3.91. The Labute approximate surface area is 91.6 Å². The molecule has 0 aliphatic rings. The Bertz CT molecular complexity index is 509. The molecule has 14 heavy (non-hydrogen) atoms. The summed E-state index contributed by atoms with van der Waals surface area (Å²) in [7, 11) is 0. The molecule has 1 aromatic heterocycles. The minimum atomic E-state index is 0.419. The van der Waals surface area contributed by atoms with Crippen molar-refractivity contribution >= 4 is 39.8 Å². The lowest BCUT2D eigenvalue weighted by Crippen LogP contribution is -1.93. The molecule has 0 aliphatic carbocycles. The largest absolute Gasteiger partial charge is 0.398 e. The molecule has 4 heteroatoms. The van der Waals surface area contributed by atoms with Crippen LogP contribution in [0, 0.1) is 6.92 Å². The summed E-state index contributed by atoms with van der Waals surface area (Å²) >= 11 is 11.8. The molecular weight excluding hydrogens is 219 g/mol. The number of benzene rings is 1. The predicted molar refractivity (Wildman–Crippen MR) is 60.9 cm³/mol. The van der Waals surface area contributed by atoms with Crippen molar-refractivity contribution in [2.45, 2.75) is 6.92 Å². The number of anilines is 1. The molecule has 2 rings (SSSR count). The molecule has 2 aromatic rings. The average Bonchev–Trinajstić information content (AvgIpc) is 2.14. The third kappa shape index (κ3) is 1.41. The molecule has 0 unspecified atom stereocenters. The first-order chi connectivity index (χ1) is 6.59. The van der Waals surface area contributed by atoms with E-state index in [1.807, 2.05) is 13.0 Å². The van der Waals surface area contributed by atoms with Crippen LogP contribution >= 0.6 is 23.2 Å². The van der Waals surface area contributed by atoms with Gasteiger partial charge in [-0.3, -0.25) is 0 Å². The number of nitrogens with zero attached hydrogens (tertiary/aromatic N) is 1. The summed E-state index contributed by atoms with van der Waals surface area (Å²) < 4.78 is 0. The van der Waals surface area contributed by atoms with Crippen LogP contribution in [0.15, 0.2) is 18.2 Å². The molecule has 0 atom stereocenters. The maximum atomic E-state index is 6.03. The molecule has 0 spiro atoms. The fourth-order valence-corrected chi connectivity index (χ4v) is 1.84. The van der Waals surface area contributed by atoms with Gasteiger partial charge < -0.3 is 5.73 Å². The standard InChI is InChI=1S/C10H8Cl2N2/c1-5-4-7(11)10-6(9(5)13)2-3-8(12)14-10/h2-4H,13H2,1H3. The zero-order valence-electron chi connectivity index (χ0n) is 7.51. The van der Waals surface area contributed by atoms with Gasteiger partial charge in [-0.15, -0.1) is 0 Å². The Morgan fingerprint density at radius 2 is 2.00 bits per heavy atom. The quantitative estimate of drug-likeness (QED) is 0.553. The van der Waals surface area contributed by atoms with Crippen LogP contribution < -0.4 is 5.73 Å². The third-order valence-electron chi connectivity index (χ3n) is 2.15. The van der Waals surface area contributed by atoms with Crippen molar-refractivity contribution in [3.05, 3.63) is 33.9 Å². The van der Waals surface area contributed by atoms with Crippen LogP contribution in [0.1, 0.15) is 5.56 Å². The molecule has 72 valence electrons. The van der Waals surface area contributed by atoms with Crippen molar-refractivity contribution in [1.29, 1.82) is 0 Å². The highest BCUT2D eigenvalue weighted by Crippen LogP contribution is 2.30. The number of nitrogen functional groups attached to an aromatic ring is 1. The highest BCUT2D eigenvalue weighted by molar-refractivity contribution is 6.36. The summed E-state index contributed by atoms with van der Waals surface area (Å²) in [5.41, 5.74) is 8.20. The van der Waals surface area contributed by atoms with Crippen LogP contribution in [0.25, 0.3) is 10.9 Å². The normalized spacial score (nSPS) is 10.8. The lowest BCUT2D eigenvalue weighted by Gasteiger charge is -2.06. The molecule has 0 bridgehead atoms. The van der Waals surface area contributed by atoms with Crippen LogP contribution in [0.3, 0.4) is 0 Å². The predicted octanol–water partition coefficient (Wildman–Crippen LogP) is 3.43. The Hall–Kier alpha value is -0.990. The van der Waals surface area contributed by atoms with E-state index in [1.165, 1.54) is 0 Å². The molecule has 1 aromatic carbocycles. The van der Waals surface area contributed by atoms with Gasteiger partial charge in [0.2, 0.25) is 0 Å². The Morgan fingerprint density at radius 1 is 1.29 bits per heavy atom. The molecule has 2 nitrogen and oxygen atoms in total. The second kappa shape index (κ2) is 3.30. The van der Waals surface area contributed by atoms with Crippen LogP contribution in [0.2, 0.25) is 10.2 Å². The van der Waals surface area contributed by atoms with Gasteiger partial charge in [0.15, 0.2) is 0 Å². The van der Waals surface area contributed by atoms with Crippen molar-refractivity contribution in [3.8, 4) is 0 Å². The number of aryl methyl sites for hydroxylation is 1. The Kier molecular flexibility index (Phi) is 2.25. The zero-order valence-corrected chi connectivity index (χ0v) is 9.02. The smallest absolute Gasteiger partial charge is 0.129 e. The van der Waals surface area contributed by atoms with Gasteiger partial charge in [-0.1, -0.05) is 23.2 Å². The number of pyridine rings is 1. The molecule has 2 N–H and O–H groups in total. The number of hydrogen-bond acceptors (Lipinski definition) is 2. The Balaban J connectivity index is 2.94. The van der Waals surface area contributed by atoms with Crippen LogP contribution in [0.5, 0.6) is 0 Å². The van der Waals surface area contributed by atoms with Crippen molar-refractivity contribution in [3.63, 3.8) is 0 Å². The van der Waals surface area contributed by atoms with Gasteiger partial charge in [-0.25, -0.2) is 4.98 Å². The van der Waals surface area contributed by atoms with E-state index in [4.69, 9.17) is 28.9 Å². The number of rotatable bonds is 0. The zero-order chi connectivity index (χ0) is 10.3. The van der Waals surface area contributed by atoms with Gasteiger partial charge in [0, 0.05) is 11.1 Å². The van der Waals surface area contributed by atoms with Gasteiger partial charge in [0.1, 0.15) is 5.15 Å². The number of fused-ring (bicyclic) bond motifs is 1. The minimum Gasteiger partial charge on any atom is -0.398 e. The monoisotopic (exact) mass is 226 g/mol. The maximum absolute atomic E-state index is 6.03. The van der Waals surface area contributed by atoms with Crippen molar-refractivity contribution in [2.75, 3.05) is 5.73 Å². The van der Waals surface area contributed by atoms with Crippen molar-refractivity contribution in [1.82, 2.24) is 4.98 Å². The summed E-state index contributed by atoms with van der Waals surface area (Å²) in [6.45, 7) is 1.91. The van der Waals surface area contributed by atoms with Crippen molar-refractivity contribution in [2.24, 2.45) is 0 Å². The van der Waals surface area contributed by atoms with E-state index in [0.29, 0.717) is 21.4 Å². The topological polar surface area (TPSA) is 38.9 Å². The molecule has 0 saturated carbocycles. The second-order valence-electron chi connectivity index (χ2n) is 3.12. The highest BCUT2D eigenvalue weighted by Gasteiger charge is 2.07. The average molecular weight is 227 g/mol. The van der Waals surface area contributed by atoms with Gasteiger partial charge in [0.25, 0.3) is 0 Å². The van der Waals surface area contributed by atoms with Gasteiger partial charge in [-0.2, -0.15) is 0 Å². The fourth-order valence-electron chi connectivity index (χ4n) is 1.38. The van der Waals surface area contributed by atoms with E-state index in [1.54, 1.807) is 12.1 Å². The number of hydrogen-bond donors (Lipinski definition) is 1. The summed E-state index contributed by atoms with van der Waals surface area (Å²) in [5.74, 6) is 0. The summed E-state index contributed by atoms with van der Waals surface area (Å²) in [6, 6.07) is 5.33. The summed E-state index contributed by atoms with van der Waals surface area (Å²) in [6.07, 6.45) is 0. The van der Waals surface area contributed by atoms with E-state index in [-0.39, 0.29) is 0 Å². The van der Waals surface area contributed by atoms with Gasteiger partial charge >= 0.3 is 0 Å². The molecule has 0 amide bonds. The van der Waals surface area contributed by atoms with E-state index in [2.05, 4.69) is 4.98 Å². The fraction of sp³-hybridized carbons (Fsp3) is 0.100. The number of aromatic nitrogens is 1. The molecule has 0 fully saturated rings. The lowest BCUT2D eigenvalue weighted by atomic mass is 10.1. The number of nitrogens with two attached hydrogens (primary N) is 1. The lowest BCUT2D eigenvalue weighted by molar-refractivity contribution is 1.39. The van der Waals surface area contributed by atoms with Crippen LogP contribution in [0.4, 0.5) is 5.69 Å². The highest BCUT2D eigenvalue weighted by atomic mass is 35.5. The van der Waals surface area contributed by atoms with E-state index >= 15 is 0 Å². The third-order valence-corrected chi connectivity index (χ3v) is 2.64. The van der Waals surface area contributed by atoms with Crippen LogP contribution in [-0.2, 0) is 0 Å². The maximum Gasteiger partial charge on any atom is 0.129 e. The first kappa shape index (κ1) is 9.56. The SMILES string of the molecule is Cc1cc(Cl)c2nc(Cl)ccc2c1N. The minimum absolute atomic E-state index is 0.419. The molecule has 0 saturated heterocycles. The summed E-state index contributed by atoms with van der Waals surface area (Å²) in [5, 5.41) is 1.84. The first-order valence-electron chi connectivity index (χ1n) is 4.10. The summed E-state index contributed by atoms with van der Waals surface area (Å²) in [4.78, 5) is 4.13. The Morgan fingerprint density at radius 3 is 2.71 bits per heavy atom. The first-order valence-corrected chi connectivity index (χ1v) is 4.86. The molecular formula is C10H8Cl2N2.